The van der Waals surface area contributed by atoms with E-state index in [0.29, 0.717) is 13.1 Å². The number of carbonyl (C=O) groups is 1. The van der Waals surface area contributed by atoms with Crippen LogP contribution in [0.3, 0.4) is 0 Å². The Morgan fingerprint density at radius 3 is 2.32 bits per heavy atom. The number of ether oxygens (including phenoxy) is 1. The molecule has 1 saturated heterocycles. The van der Waals surface area contributed by atoms with Gasteiger partial charge in [0.05, 0.1) is 12.8 Å². The van der Waals surface area contributed by atoms with Gasteiger partial charge in [0, 0.05) is 40.8 Å². The standard InChI is InChI=1S/C18H19Br2N3O2/c1-25-15-5-3-14(4-6-15)22-8-10-23(11-9-22)18(24)21-17-7-2-13(19)12-16(17)20/h2-7,12H,8-11H2,1H3,(H,21,24). The number of piperazine rings is 1. The lowest BCUT2D eigenvalue weighted by atomic mass is 10.2. The number of halogens is 2. The quantitative estimate of drug-likeness (QED) is 0.717. The normalized spacial score (nSPS) is 14.4. The van der Waals surface area contributed by atoms with Crippen LogP contribution < -0.4 is 15.0 Å². The van der Waals surface area contributed by atoms with Crippen LogP contribution in [0, 0.1) is 0 Å². The third-order valence-electron chi connectivity index (χ3n) is 4.18. The highest BCUT2D eigenvalue weighted by molar-refractivity contribution is 9.11. The number of amides is 2. The van der Waals surface area contributed by atoms with Gasteiger partial charge in [-0.2, -0.15) is 0 Å². The summed E-state index contributed by atoms with van der Waals surface area (Å²) in [5.74, 6) is 0.849. The number of hydrogen-bond donors (Lipinski definition) is 1. The second-order valence-electron chi connectivity index (χ2n) is 5.73. The van der Waals surface area contributed by atoms with Crippen LogP contribution in [-0.4, -0.2) is 44.2 Å². The molecule has 1 fully saturated rings. The van der Waals surface area contributed by atoms with E-state index in [1.807, 2.05) is 47.4 Å². The average Bonchev–Trinajstić information content (AvgIpc) is 2.64. The van der Waals surface area contributed by atoms with Gasteiger partial charge in [-0.25, -0.2) is 4.79 Å². The molecule has 7 heteroatoms. The van der Waals surface area contributed by atoms with E-state index in [2.05, 4.69) is 42.1 Å². The first-order valence-electron chi connectivity index (χ1n) is 7.97. The molecule has 132 valence electrons. The van der Waals surface area contributed by atoms with Crippen LogP contribution in [0.4, 0.5) is 16.2 Å². The lowest BCUT2D eigenvalue weighted by Gasteiger charge is -2.36. The largest absolute Gasteiger partial charge is 0.497 e. The second kappa shape index (κ2) is 8.10. The summed E-state index contributed by atoms with van der Waals surface area (Å²) in [7, 11) is 1.66. The first-order valence-corrected chi connectivity index (χ1v) is 9.55. The molecule has 0 radical (unpaired) electrons. The van der Waals surface area contributed by atoms with E-state index in [0.717, 1.165) is 39.2 Å². The van der Waals surface area contributed by atoms with E-state index >= 15 is 0 Å². The van der Waals surface area contributed by atoms with Gasteiger partial charge in [-0.1, -0.05) is 15.9 Å². The van der Waals surface area contributed by atoms with Crippen molar-refractivity contribution in [2.45, 2.75) is 0 Å². The van der Waals surface area contributed by atoms with Crippen LogP contribution in [0.15, 0.2) is 51.4 Å². The molecular formula is C18H19Br2N3O2. The molecule has 2 aromatic rings. The van der Waals surface area contributed by atoms with Crippen LogP contribution in [0.5, 0.6) is 5.75 Å². The van der Waals surface area contributed by atoms with E-state index in [4.69, 9.17) is 4.74 Å². The van der Waals surface area contributed by atoms with Crippen molar-refractivity contribution in [2.75, 3.05) is 43.5 Å². The molecule has 0 atom stereocenters. The molecule has 0 unspecified atom stereocenters. The van der Waals surface area contributed by atoms with Crippen molar-refractivity contribution < 1.29 is 9.53 Å². The van der Waals surface area contributed by atoms with E-state index in [-0.39, 0.29) is 6.03 Å². The Hall–Kier alpha value is -1.73. The Labute approximate surface area is 164 Å². The van der Waals surface area contributed by atoms with Crippen LogP contribution in [0.25, 0.3) is 0 Å². The SMILES string of the molecule is COc1ccc(N2CCN(C(=O)Nc3ccc(Br)cc3Br)CC2)cc1. The highest BCUT2D eigenvalue weighted by Crippen LogP contribution is 2.27. The Bertz CT molecular complexity index is 744. The van der Waals surface area contributed by atoms with Crippen molar-refractivity contribution in [3.8, 4) is 5.75 Å². The Balaban J connectivity index is 1.56. The van der Waals surface area contributed by atoms with Crippen molar-refractivity contribution in [3.63, 3.8) is 0 Å². The maximum Gasteiger partial charge on any atom is 0.321 e. The number of benzene rings is 2. The monoisotopic (exact) mass is 467 g/mol. The highest BCUT2D eigenvalue weighted by atomic mass is 79.9. The number of rotatable bonds is 3. The molecule has 5 nitrogen and oxygen atoms in total. The van der Waals surface area contributed by atoms with E-state index in [1.54, 1.807) is 7.11 Å². The Morgan fingerprint density at radius 1 is 1.04 bits per heavy atom. The number of urea groups is 1. The number of methoxy groups -OCH3 is 1. The summed E-state index contributed by atoms with van der Waals surface area (Å²) in [5.41, 5.74) is 1.92. The van der Waals surface area contributed by atoms with Crippen LogP contribution in [0.2, 0.25) is 0 Å². The lowest BCUT2D eigenvalue weighted by Crippen LogP contribution is -2.50. The molecule has 2 amide bonds. The van der Waals surface area contributed by atoms with Gasteiger partial charge in [0.15, 0.2) is 0 Å². The third-order valence-corrected chi connectivity index (χ3v) is 5.33. The number of carbonyl (C=O) groups excluding carboxylic acids is 1. The van der Waals surface area contributed by atoms with Crippen molar-refractivity contribution in [2.24, 2.45) is 0 Å². The minimum atomic E-state index is -0.0718. The Kier molecular flexibility index (Phi) is 5.86. The number of nitrogens with one attached hydrogen (secondary N) is 1. The fraction of sp³-hybridized carbons (Fsp3) is 0.278. The van der Waals surface area contributed by atoms with Crippen molar-refractivity contribution in [1.29, 1.82) is 0 Å². The highest BCUT2D eigenvalue weighted by Gasteiger charge is 2.21. The molecule has 1 heterocycles. The van der Waals surface area contributed by atoms with Crippen LogP contribution in [-0.2, 0) is 0 Å². The molecule has 0 spiro atoms. The van der Waals surface area contributed by atoms with Crippen molar-refractivity contribution >= 4 is 49.3 Å². The zero-order valence-electron chi connectivity index (χ0n) is 13.8. The van der Waals surface area contributed by atoms with Gasteiger partial charge in [-0.15, -0.1) is 0 Å². The van der Waals surface area contributed by atoms with Gasteiger partial charge in [0.25, 0.3) is 0 Å². The van der Waals surface area contributed by atoms with Gasteiger partial charge < -0.3 is 19.9 Å². The summed E-state index contributed by atoms with van der Waals surface area (Å²) >= 11 is 6.88. The zero-order chi connectivity index (χ0) is 17.8. The minimum absolute atomic E-state index is 0.0718. The molecule has 0 aliphatic carbocycles. The van der Waals surface area contributed by atoms with Crippen LogP contribution in [0.1, 0.15) is 0 Å². The van der Waals surface area contributed by atoms with Crippen LogP contribution >= 0.6 is 31.9 Å². The fourth-order valence-corrected chi connectivity index (χ4v) is 3.89. The molecule has 0 bridgehead atoms. The van der Waals surface area contributed by atoms with E-state index in [9.17, 15) is 4.79 Å². The smallest absolute Gasteiger partial charge is 0.321 e. The summed E-state index contributed by atoms with van der Waals surface area (Å²) < 4.78 is 7.01. The molecule has 0 aromatic heterocycles. The summed E-state index contributed by atoms with van der Waals surface area (Å²) in [6.45, 7) is 2.99. The lowest BCUT2D eigenvalue weighted by molar-refractivity contribution is 0.208. The molecule has 1 aliphatic rings. The predicted octanol–water partition coefficient (Wildman–Crippen LogP) is 4.57. The second-order valence-corrected chi connectivity index (χ2v) is 7.50. The molecule has 3 rings (SSSR count). The van der Waals surface area contributed by atoms with Gasteiger partial charge >= 0.3 is 6.03 Å². The Morgan fingerprint density at radius 2 is 1.72 bits per heavy atom. The minimum Gasteiger partial charge on any atom is -0.497 e. The molecule has 1 aliphatic heterocycles. The molecule has 2 aromatic carbocycles. The summed E-state index contributed by atoms with van der Waals surface area (Å²) in [5, 5.41) is 2.96. The van der Waals surface area contributed by atoms with E-state index < -0.39 is 0 Å². The van der Waals surface area contributed by atoms with Crippen molar-refractivity contribution in [1.82, 2.24) is 4.90 Å². The van der Waals surface area contributed by atoms with Gasteiger partial charge in [-0.3, -0.25) is 0 Å². The average molecular weight is 469 g/mol. The molecular weight excluding hydrogens is 450 g/mol. The first kappa shape index (κ1) is 18.1. The maximum atomic E-state index is 12.5. The summed E-state index contributed by atoms with van der Waals surface area (Å²) in [6.07, 6.45) is 0. The van der Waals surface area contributed by atoms with E-state index in [1.165, 1.54) is 0 Å². The van der Waals surface area contributed by atoms with Gasteiger partial charge in [-0.05, 0) is 58.4 Å². The predicted molar refractivity (Wildman–Crippen MR) is 108 cm³/mol. The zero-order valence-corrected chi connectivity index (χ0v) is 17.0. The topological polar surface area (TPSA) is 44.8 Å². The molecule has 1 N–H and O–H groups in total. The summed E-state index contributed by atoms with van der Waals surface area (Å²) in [6, 6.07) is 13.6. The third kappa shape index (κ3) is 4.46. The maximum absolute atomic E-state index is 12.5. The molecule has 25 heavy (non-hydrogen) atoms. The number of nitrogens with zero attached hydrogens (tertiary/aromatic N) is 2. The molecule has 0 saturated carbocycles. The van der Waals surface area contributed by atoms with Gasteiger partial charge in [0.2, 0.25) is 0 Å². The first-order chi connectivity index (χ1) is 12.1. The summed E-state index contributed by atoms with van der Waals surface area (Å²) in [4.78, 5) is 16.6. The fourth-order valence-electron chi connectivity index (χ4n) is 2.75. The number of hydrogen-bond acceptors (Lipinski definition) is 3. The number of anilines is 2. The van der Waals surface area contributed by atoms with Crippen molar-refractivity contribution in [3.05, 3.63) is 51.4 Å². The van der Waals surface area contributed by atoms with Gasteiger partial charge in [0.1, 0.15) is 5.75 Å².